The predicted octanol–water partition coefficient (Wildman–Crippen LogP) is 4.05. The molecule has 38 heavy (non-hydrogen) atoms. The Morgan fingerprint density at radius 1 is 1.16 bits per heavy atom. The highest BCUT2D eigenvalue weighted by Crippen LogP contribution is 2.32. The van der Waals surface area contributed by atoms with Crippen LogP contribution in [0.1, 0.15) is 18.5 Å². The number of benzene rings is 2. The predicted molar refractivity (Wildman–Crippen MR) is 135 cm³/mol. The van der Waals surface area contributed by atoms with E-state index >= 15 is 0 Å². The van der Waals surface area contributed by atoms with Crippen LogP contribution in [0, 0.1) is 17.7 Å². The van der Waals surface area contributed by atoms with Crippen molar-refractivity contribution < 1.29 is 35.5 Å². The van der Waals surface area contributed by atoms with Gasteiger partial charge in [0.2, 0.25) is 10.0 Å². The normalized spacial score (nSPS) is 14.7. The summed E-state index contributed by atoms with van der Waals surface area (Å²) in [6, 6.07) is 7.83. The summed E-state index contributed by atoms with van der Waals surface area (Å²) < 4.78 is 89.4. The van der Waals surface area contributed by atoms with Crippen molar-refractivity contribution >= 4 is 32.3 Å². The molecule has 1 aromatic heterocycles. The van der Waals surface area contributed by atoms with Gasteiger partial charge in [0.05, 0.1) is 35.4 Å². The van der Waals surface area contributed by atoms with E-state index in [-0.39, 0.29) is 34.4 Å². The number of nitrogens with two attached hydrogens (primary N) is 1. The van der Waals surface area contributed by atoms with Crippen LogP contribution in [0.15, 0.2) is 41.3 Å². The van der Waals surface area contributed by atoms with Gasteiger partial charge >= 0.3 is 6.18 Å². The van der Waals surface area contributed by atoms with Crippen molar-refractivity contribution in [2.75, 3.05) is 37.5 Å². The Kier molecular flexibility index (Phi) is 8.05. The van der Waals surface area contributed by atoms with Gasteiger partial charge in [-0.3, -0.25) is 0 Å². The smallest absolute Gasteiger partial charge is 0.406 e. The maximum Gasteiger partial charge on any atom is 0.406 e. The minimum atomic E-state index is -4.56. The van der Waals surface area contributed by atoms with Crippen molar-refractivity contribution in [2.45, 2.75) is 36.5 Å². The van der Waals surface area contributed by atoms with Crippen LogP contribution in [0.25, 0.3) is 10.9 Å². The molecule has 0 aliphatic carbocycles. The van der Waals surface area contributed by atoms with Crippen LogP contribution >= 0.6 is 0 Å². The van der Waals surface area contributed by atoms with Gasteiger partial charge < -0.3 is 24.7 Å². The molecule has 2 heterocycles. The summed E-state index contributed by atoms with van der Waals surface area (Å²) in [6.45, 7) is -0.244. The van der Waals surface area contributed by atoms with Gasteiger partial charge in [-0.2, -0.15) is 13.2 Å². The Labute approximate surface area is 217 Å². The van der Waals surface area contributed by atoms with Crippen molar-refractivity contribution in [1.82, 2.24) is 4.57 Å². The quantitative estimate of drug-likeness (QED) is 0.301. The first-order chi connectivity index (χ1) is 17.9. The molecule has 8 nitrogen and oxygen atoms in total. The molecule has 0 radical (unpaired) electrons. The number of hydrogen-bond acceptors (Lipinski definition) is 6. The highest BCUT2D eigenvalue weighted by atomic mass is 32.2. The van der Waals surface area contributed by atoms with E-state index in [2.05, 4.69) is 22.5 Å². The number of halogens is 4. The van der Waals surface area contributed by atoms with Crippen molar-refractivity contribution in [3.63, 3.8) is 0 Å². The van der Waals surface area contributed by atoms with Crippen LogP contribution in [-0.4, -0.2) is 52.1 Å². The summed E-state index contributed by atoms with van der Waals surface area (Å²) >= 11 is 0. The Bertz CT molecular complexity index is 1490. The number of aromatic nitrogens is 1. The molecular weight excluding hydrogens is 528 g/mol. The summed E-state index contributed by atoms with van der Waals surface area (Å²) in [5.41, 5.74) is 0.953. The van der Waals surface area contributed by atoms with Crippen molar-refractivity contribution in [3.05, 3.63) is 47.9 Å². The molecule has 1 aliphatic heterocycles. The van der Waals surface area contributed by atoms with E-state index in [1.165, 1.54) is 37.4 Å². The topological polar surface area (TPSA) is 108 Å². The average molecular weight is 555 g/mol. The van der Waals surface area contributed by atoms with Crippen LogP contribution in [-0.2, 0) is 21.3 Å². The number of primary sulfonamides is 1. The van der Waals surface area contributed by atoms with E-state index in [1.807, 2.05) is 0 Å². The zero-order valence-electron chi connectivity index (χ0n) is 20.4. The lowest BCUT2D eigenvalue weighted by Gasteiger charge is -2.24. The molecule has 204 valence electrons. The molecule has 0 unspecified atom stereocenters. The number of methoxy groups -OCH3 is 1. The van der Waals surface area contributed by atoms with E-state index < -0.39 is 28.6 Å². The Balaban J connectivity index is 1.63. The number of anilines is 2. The van der Waals surface area contributed by atoms with Gasteiger partial charge in [-0.05, 0) is 49.1 Å². The summed E-state index contributed by atoms with van der Waals surface area (Å²) in [7, 11) is -2.58. The van der Waals surface area contributed by atoms with Crippen molar-refractivity contribution in [2.24, 2.45) is 5.14 Å². The second-order valence-electron chi connectivity index (χ2n) is 8.71. The van der Waals surface area contributed by atoms with Crippen LogP contribution in [0.3, 0.4) is 0 Å². The number of alkyl halides is 3. The van der Waals surface area contributed by atoms with Gasteiger partial charge in [0.1, 0.15) is 18.1 Å². The molecule has 2 aromatic carbocycles. The minimum Gasteiger partial charge on any atom is -0.495 e. The second-order valence-corrected chi connectivity index (χ2v) is 10.3. The zero-order valence-corrected chi connectivity index (χ0v) is 21.2. The highest BCUT2D eigenvalue weighted by molar-refractivity contribution is 7.89. The monoisotopic (exact) mass is 554 g/mol. The van der Waals surface area contributed by atoms with E-state index in [9.17, 15) is 26.0 Å². The molecule has 3 aromatic rings. The zero-order chi connectivity index (χ0) is 27.5. The first-order valence-corrected chi connectivity index (χ1v) is 13.2. The summed E-state index contributed by atoms with van der Waals surface area (Å²) in [5, 5.41) is 11.8. The second kappa shape index (κ2) is 11.1. The van der Waals surface area contributed by atoms with Crippen molar-refractivity contribution in [3.8, 4) is 17.6 Å². The number of sulfonamides is 1. The molecule has 0 spiro atoms. The standard InChI is InChI=1S/C25H26F4N4O4S/c1-36-24-14-19(38(30,34)35)4-5-21(24)31-8-2-3-18-13-20-22(32-17-6-9-37-10-7-17)11-16(26)12-23(20)33(18)15-25(27,28)29/h4-5,11-14,17,31-32H,6-10,15H2,1H3,(H2,30,34,35). The van der Waals surface area contributed by atoms with Crippen LogP contribution in [0.5, 0.6) is 5.75 Å². The van der Waals surface area contributed by atoms with Crippen molar-refractivity contribution in [1.29, 1.82) is 0 Å². The van der Waals surface area contributed by atoms with Gasteiger partial charge in [0.15, 0.2) is 0 Å². The van der Waals surface area contributed by atoms with Gasteiger partial charge in [0.25, 0.3) is 0 Å². The summed E-state index contributed by atoms with van der Waals surface area (Å²) in [5.74, 6) is 5.05. The average Bonchev–Trinajstić information content (AvgIpc) is 3.17. The van der Waals surface area contributed by atoms with E-state index in [1.54, 1.807) is 0 Å². The molecule has 4 N–H and O–H groups in total. The fourth-order valence-electron chi connectivity index (χ4n) is 4.23. The van der Waals surface area contributed by atoms with E-state index in [0.717, 1.165) is 10.6 Å². The fraction of sp³-hybridized carbons (Fsp3) is 0.360. The molecule has 0 saturated carbocycles. The fourth-order valence-corrected chi connectivity index (χ4v) is 4.76. The summed E-state index contributed by atoms with van der Waals surface area (Å²) in [4.78, 5) is -0.139. The molecule has 0 amide bonds. The highest BCUT2D eigenvalue weighted by Gasteiger charge is 2.30. The molecule has 4 rings (SSSR count). The Morgan fingerprint density at radius 2 is 1.89 bits per heavy atom. The maximum atomic E-state index is 14.5. The molecular formula is C25H26F4N4O4S. The minimum absolute atomic E-state index is 0.000166. The first kappa shape index (κ1) is 27.6. The maximum absolute atomic E-state index is 14.5. The Hall–Kier alpha value is -3.47. The van der Waals surface area contributed by atoms with Crippen LogP contribution in [0.2, 0.25) is 0 Å². The molecule has 1 aliphatic rings. The number of ether oxygens (including phenoxy) is 2. The molecule has 13 heteroatoms. The third kappa shape index (κ3) is 6.69. The third-order valence-electron chi connectivity index (χ3n) is 5.99. The van der Waals surface area contributed by atoms with Crippen LogP contribution < -0.4 is 20.5 Å². The first-order valence-electron chi connectivity index (χ1n) is 11.6. The summed E-state index contributed by atoms with van der Waals surface area (Å²) in [6.07, 6.45) is -3.16. The number of fused-ring (bicyclic) bond motifs is 1. The van der Waals surface area contributed by atoms with E-state index in [4.69, 9.17) is 14.6 Å². The molecule has 1 saturated heterocycles. The van der Waals surface area contributed by atoms with Gasteiger partial charge in [-0.1, -0.05) is 5.92 Å². The molecule has 1 fully saturated rings. The number of nitrogens with zero attached hydrogens (tertiary/aromatic N) is 1. The van der Waals surface area contributed by atoms with E-state index in [0.29, 0.717) is 42.8 Å². The van der Waals surface area contributed by atoms with Gasteiger partial charge in [0, 0.05) is 36.4 Å². The van der Waals surface area contributed by atoms with Gasteiger partial charge in [-0.15, -0.1) is 0 Å². The molecule has 0 atom stereocenters. The Morgan fingerprint density at radius 3 is 2.55 bits per heavy atom. The SMILES string of the molecule is COc1cc(S(N)(=O)=O)ccc1NCC#Cc1cc2c(NC3CCOCC3)cc(F)cc2n1CC(F)(F)F. The lowest BCUT2D eigenvalue weighted by atomic mass is 10.1. The lowest BCUT2D eigenvalue weighted by molar-refractivity contribution is -0.140. The third-order valence-corrected chi connectivity index (χ3v) is 6.90. The number of hydrogen-bond donors (Lipinski definition) is 3. The number of rotatable bonds is 7. The number of nitrogens with one attached hydrogen (secondary N) is 2. The van der Waals surface area contributed by atoms with Crippen LogP contribution in [0.4, 0.5) is 28.9 Å². The molecule has 0 bridgehead atoms. The largest absolute Gasteiger partial charge is 0.495 e. The lowest BCUT2D eigenvalue weighted by Crippen LogP contribution is -2.27. The van der Waals surface area contributed by atoms with Gasteiger partial charge in [-0.25, -0.2) is 17.9 Å².